The number of Topliss-reactive ketones (excluding diaryl/α,β-unsaturated/α-hetero) is 1. The Labute approximate surface area is 166 Å². The summed E-state index contributed by atoms with van der Waals surface area (Å²) in [4.78, 5) is 14.7. The molecule has 0 amide bonds. The van der Waals surface area contributed by atoms with Gasteiger partial charge in [-0.25, -0.2) is 0 Å². The maximum Gasteiger partial charge on any atom is 0.139 e. The van der Waals surface area contributed by atoms with Crippen molar-refractivity contribution in [1.82, 2.24) is 4.90 Å². The van der Waals surface area contributed by atoms with Gasteiger partial charge in [-0.05, 0) is 91.8 Å². The van der Waals surface area contributed by atoms with E-state index in [1.54, 1.807) is 6.42 Å². The van der Waals surface area contributed by atoms with Crippen LogP contribution in [0.1, 0.15) is 79.1 Å². The molecular formula is C25H41NO. The number of hydrogen-bond acceptors (Lipinski definition) is 2. The molecule has 8 aliphatic rings. The quantitative estimate of drug-likeness (QED) is 0.646. The fourth-order valence-electron chi connectivity index (χ4n) is 8.83. The first-order valence-electron chi connectivity index (χ1n) is 12.0. The molecule has 3 saturated heterocycles. The molecule has 4 unspecified atom stereocenters. The third-order valence-electron chi connectivity index (χ3n) is 10.1. The Bertz CT molecular complexity index is 552. The normalized spacial score (nSPS) is 51.9. The zero-order valence-electron chi connectivity index (χ0n) is 18.2. The van der Waals surface area contributed by atoms with Crippen LogP contribution in [0.25, 0.3) is 0 Å². The highest BCUT2D eigenvalue weighted by Gasteiger charge is 2.56. The molecule has 0 N–H and O–H groups in total. The summed E-state index contributed by atoms with van der Waals surface area (Å²) in [5.41, 5.74) is 1.29. The highest BCUT2D eigenvalue weighted by molar-refractivity contribution is 5.85. The monoisotopic (exact) mass is 371 g/mol. The van der Waals surface area contributed by atoms with Gasteiger partial charge in [-0.15, -0.1) is 0 Å². The van der Waals surface area contributed by atoms with E-state index in [-0.39, 0.29) is 0 Å². The zero-order chi connectivity index (χ0) is 19.0. The van der Waals surface area contributed by atoms with Crippen LogP contribution in [0.5, 0.6) is 0 Å². The Morgan fingerprint density at radius 2 is 1.26 bits per heavy atom. The fourth-order valence-corrected chi connectivity index (χ4v) is 8.83. The highest BCUT2D eigenvalue weighted by Crippen LogP contribution is 2.61. The average molecular weight is 372 g/mol. The topological polar surface area (TPSA) is 20.3 Å². The largest absolute Gasteiger partial charge is 0.302 e. The van der Waals surface area contributed by atoms with E-state index in [0.717, 1.165) is 35.0 Å². The van der Waals surface area contributed by atoms with Crippen LogP contribution < -0.4 is 0 Å². The van der Waals surface area contributed by atoms with Gasteiger partial charge in [-0.3, -0.25) is 4.79 Å². The third kappa shape index (κ3) is 2.95. The van der Waals surface area contributed by atoms with Crippen molar-refractivity contribution in [2.24, 2.45) is 52.3 Å². The minimum atomic E-state index is 0.462. The summed E-state index contributed by atoms with van der Waals surface area (Å²) in [5, 5.41) is 0. The van der Waals surface area contributed by atoms with Crippen molar-refractivity contribution in [3.05, 3.63) is 0 Å². The number of nitrogens with zero attached hydrogens (tertiary/aromatic N) is 1. The summed E-state index contributed by atoms with van der Waals surface area (Å²) in [6.45, 7) is 13.9. The average Bonchev–Trinajstić information content (AvgIpc) is 2.58. The van der Waals surface area contributed by atoms with Crippen molar-refractivity contribution >= 4 is 5.78 Å². The van der Waals surface area contributed by atoms with Crippen LogP contribution >= 0.6 is 0 Å². The summed E-state index contributed by atoms with van der Waals surface area (Å²) in [5.74, 6) is 6.24. The van der Waals surface area contributed by atoms with Crippen LogP contribution in [0, 0.1) is 52.3 Å². The van der Waals surface area contributed by atoms with Crippen LogP contribution in [0.4, 0.5) is 0 Å². The molecule has 27 heavy (non-hydrogen) atoms. The Morgan fingerprint density at radius 1 is 0.741 bits per heavy atom. The standard InChI is InChI=1S/C13H20O.C12H21N/c1-8(2)13-5-9-3-10(6-13)12(14)11(4-9)7-13;1-9(2)12-4-10-3-11(5-12)7-13(6-10)8-12/h8-11H,3-7H2,1-2H3;9-11H,3-8H2,1-2H3. The molecule has 8 rings (SSSR count). The van der Waals surface area contributed by atoms with E-state index in [9.17, 15) is 4.79 Å². The van der Waals surface area contributed by atoms with Crippen LogP contribution in [-0.2, 0) is 4.79 Å². The second-order valence-corrected chi connectivity index (χ2v) is 12.4. The molecule has 5 saturated carbocycles. The Balaban J connectivity index is 0.000000119. The zero-order valence-corrected chi connectivity index (χ0v) is 18.2. The van der Waals surface area contributed by atoms with E-state index in [1.165, 1.54) is 64.6 Å². The number of ketones is 1. The molecule has 0 spiro atoms. The molecule has 3 heterocycles. The van der Waals surface area contributed by atoms with Gasteiger partial charge in [0.2, 0.25) is 0 Å². The lowest BCUT2D eigenvalue weighted by atomic mass is 9.46. The van der Waals surface area contributed by atoms with Crippen LogP contribution in [0.3, 0.4) is 0 Å². The van der Waals surface area contributed by atoms with Gasteiger partial charge in [0.1, 0.15) is 5.78 Å². The van der Waals surface area contributed by atoms with E-state index in [2.05, 4.69) is 32.6 Å². The number of carbonyl (C=O) groups is 1. The van der Waals surface area contributed by atoms with Crippen LogP contribution in [-0.4, -0.2) is 30.3 Å². The lowest BCUT2D eigenvalue weighted by Gasteiger charge is -2.60. The lowest BCUT2D eigenvalue weighted by Crippen LogP contribution is -2.60. The summed E-state index contributed by atoms with van der Waals surface area (Å²) < 4.78 is 0. The molecule has 8 bridgehead atoms. The van der Waals surface area contributed by atoms with Crippen LogP contribution in [0.2, 0.25) is 0 Å². The summed E-state index contributed by atoms with van der Waals surface area (Å²) in [7, 11) is 0. The number of carbonyl (C=O) groups excluding carboxylic acids is 1. The van der Waals surface area contributed by atoms with Crippen molar-refractivity contribution in [3.63, 3.8) is 0 Å². The van der Waals surface area contributed by atoms with Crippen molar-refractivity contribution in [1.29, 1.82) is 0 Å². The van der Waals surface area contributed by atoms with E-state index < -0.39 is 0 Å². The van der Waals surface area contributed by atoms with Gasteiger partial charge in [0.15, 0.2) is 0 Å². The minimum Gasteiger partial charge on any atom is -0.302 e. The minimum absolute atomic E-state index is 0.462. The molecule has 0 aromatic carbocycles. The molecule has 5 aliphatic carbocycles. The van der Waals surface area contributed by atoms with Crippen molar-refractivity contribution in [2.45, 2.75) is 79.1 Å². The van der Waals surface area contributed by atoms with Gasteiger partial charge < -0.3 is 4.90 Å². The first-order valence-corrected chi connectivity index (χ1v) is 12.0. The van der Waals surface area contributed by atoms with E-state index in [1.807, 2.05) is 0 Å². The molecule has 0 aromatic rings. The van der Waals surface area contributed by atoms with Crippen molar-refractivity contribution in [3.8, 4) is 0 Å². The maximum atomic E-state index is 11.9. The number of rotatable bonds is 2. The number of hydrogen-bond donors (Lipinski definition) is 0. The first kappa shape index (κ1) is 18.6. The molecule has 8 fully saturated rings. The second-order valence-electron chi connectivity index (χ2n) is 12.4. The van der Waals surface area contributed by atoms with E-state index >= 15 is 0 Å². The van der Waals surface area contributed by atoms with Gasteiger partial charge in [0.05, 0.1) is 0 Å². The summed E-state index contributed by atoms with van der Waals surface area (Å²) in [6.07, 6.45) is 10.9. The van der Waals surface area contributed by atoms with Crippen LogP contribution in [0.15, 0.2) is 0 Å². The third-order valence-corrected chi connectivity index (χ3v) is 10.1. The molecule has 152 valence electrons. The van der Waals surface area contributed by atoms with E-state index in [0.29, 0.717) is 23.0 Å². The summed E-state index contributed by atoms with van der Waals surface area (Å²) in [6, 6.07) is 0. The van der Waals surface area contributed by atoms with Gasteiger partial charge in [-0.1, -0.05) is 27.7 Å². The Kier molecular flexibility index (Phi) is 4.36. The first-order chi connectivity index (χ1) is 12.8. The Morgan fingerprint density at radius 3 is 1.74 bits per heavy atom. The maximum absolute atomic E-state index is 11.9. The second kappa shape index (κ2) is 6.31. The number of piperidine rings is 3. The summed E-state index contributed by atoms with van der Waals surface area (Å²) >= 11 is 0. The molecule has 2 nitrogen and oxygen atoms in total. The fraction of sp³-hybridized carbons (Fsp3) is 0.960. The lowest BCUT2D eigenvalue weighted by molar-refractivity contribution is -0.151. The molecule has 3 aliphatic heterocycles. The SMILES string of the molecule is CC(C)C12CC3CC(C1)C(=O)C(C3)C2.CC(C)C12CC3CC(CN(C3)C1)C2. The van der Waals surface area contributed by atoms with Gasteiger partial charge in [0, 0.05) is 31.5 Å². The predicted molar refractivity (Wildman–Crippen MR) is 110 cm³/mol. The molecule has 4 atom stereocenters. The molecule has 2 heteroatoms. The van der Waals surface area contributed by atoms with Gasteiger partial charge in [-0.2, -0.15) is 0 Å². The highest BCUT2D eigenvalue weighted by atomic mass is 16.1. The van der Waals surface area contributed by atoms with Gasteiger partial charge in [0.25, 0.3) is 0 Å². The predicted octanol–water partition coefficient (Wildman–Crippen LogP) is 5.41. The van der Waals surface area contributed by atoms with E-state index in [4.69, 9.17) is 0 Å². The smallest absolute Gasteiger partial charge is 0.139 e. The molecular weight excluding hydrogens is 330 g/mol. The van der Waals surface area contributed by atoms with Crippen molar-refractivity contribution < 1.29 is 4.79 Å². The molecule has 0 aromatic heterocycles. The Hall–Kier alpha value is -0.370. The molecule has 0 radical (unpaired) electrons. The van der Waals surface area contributed by atoms with Crippen molar-refractivity contribution in [2.75, 3.05) is 19.6 Å². The van der Waals surface area contributed by atoms with Gasteiger partial charge >= 0.3 is 0 Å².